The van der Waals surface area contributed by atoms with E-state index in [0.717, 1.165) is 16.7 Å². The Morgan fingerprint density at radius 1 is 0.857 bits per heavy atom. The maximum atomic E-state index is 11.4. The van der Waals surface area contributed by atoms with E-state index in [1.807, 2.05) is 42.5 Å². The number of ether oxygens (including phenoxy) is 1. The SMILES string of the molecule is Cc1ccc(C2=CC(O)(c3ccccc3)Oc3ccc(C(C)(C)C)cc32)cc1. The molecule has 4 rings (SSSR count). The van der Waals surface area contributed by atoms with Gasteiger partial charge in [-0.1, -0.05) is 87.0 Å². The molecular formula is C26H26O2. The van der Waals surface area contributed by atoms with E-state index in [-0.39, 0.29) is 5.41 Å². The van der Waals surface area contributed by atoms with Crippen LogP contribution in [0.5, 0.6) is 5.75 Å². The highest BCUT2D eigenvalue weighted by atomic mass is 16.6. The molecule has 3 aromatic rings. The van der Waals surface area contributed by atoms with Gasteiger partial charge in [0.25, 0.3) is 5.79 Å². The number of hydrogen-bond donors (Lipinski definition) is 1. The summed E-state index contributed by atoms with van der Waals surface area (Å²) >= 11 is 0. The Bertz CT molecular complexity index is 1020. The van der Waals surface area contributed by atoms with Crippen LogP contribution < -0.4 is 4.74 Å². The van der Waals surface area contributed by atoms with Crippen LogP contribution in [0.25, 0.3) is 5.57 Å². The first-order valence-electron chi connectivity index (χ1n) is 9.68. The van der Waals surface area contributed by atoms with Crippen LogP contribution in [0.4, 0.5) is 0 Å². The van der Waals surface area contributed by atoms with Gasteiger partial charge in [0.1, 0.15) is 5.75 Å². The van der Waals surface area contributed by atoms with Crippen LogP contribution in [0.1, 0.15) is 48.6 Å². The molecule has 1 N–H and O–H groups in total. The van der Waals surface area contributed by atoms with Crippen molar-refractivity contribution < 1.29 is 9.84 Å². The van der Waals surface area contributed by atoms with Crippen LogP contribution in [0.15, 0.2) is 78.9 Å². The van der Waals surface area contributed by atoms with Gasteiger partial charge in [-0.2, -0.15) is 0 Å². The number of aliphatic hydroxyl groups is 1. The minimum absolute atomic E-state index is 0.0284. The largest absolute Gasteiger partial charge is 0.454 e. The minimum Gasteiger partial charge on any atom is -0.454 e. The van der Waals surface area contributed by atoms with Gasteiger partial charge in [-0.15, -0.1) is 0 Å². The quantitative estimate of drug-likeness (QED) is 0.603. The number of aryl methyl sites for hydroxylation is 1. The van der Waals surface area contributed by atoms with Crippen molar-refractivity contribution in [1.82, 2.24) is 0 Å². The summed E-state index contributed by atoms with van der Waals surface area (Å²) in [5.41, 5.74) is 6.24. The summed E-state index contributed by atoms with van der Waals surface area (Å²) in [7, 11) is 0. The summed E-state index contributed by atoms with van der Waals surface area (Å²) in [6.07, 6.45) is 1.84. The number of hydrogen-bond acceptors (Lipinski definition) is 2. The van der Waals surface area contributed by atoms with Crippen molar-refractivity contribution in [2.45, 2.75) is 38.9 Å². The molecule has 0 bridgehead atoms. The van der Waals surface area contributed by atoms with Crippen molar-refractivity contribution in [2.75, 3.05) is 0 Å². The Labute approximate surface area is 167 Å². The average molecular weight is 370 g/mol. The predicted molar refractivity (Wildman–Crippen MR) is 114 cm³/mol. The molecule has 0 saturated carbocycles. The van der Waals surface area contributed by atoms with E-state index in [2.05, 4.69) is 64.1 Å². The van der Waals surface area contributed by atoms with Gasteiger partial charge in [0.2, 0.25) is 0 Å². The van der Waals surface area contributed by atoms with Gasteiger partial charge in [-0.25, -0.2) is 0 Å². The third kappa shape index (κ3) is 3.36. The monoisotopic (exact) mass is 370 g/mol. The molecule has 2 heteroatoms. The van der Waals surface area contributed by atoms with Crippen LogP contribution in [-0.2, 0) is 11.2 Å². The van der Waals surface area contributed by atoms with Gasteiger partial charge in [-0.3, -0.25) is 0 Å². The lowest BCUT2D eigenvalue weighted by molar-refractivity contribution is -0.103. The molecule has 2 nitrogen and oxygen atoms in total. The van der Waals surface area contributed by atoms with Gasteiger partial charge in [0.05, 0.1) is 0 Å². The smallest absolute Gasteiger partial charge is 0.255 e. The van der Waals surface area contributed by atoms with Crippen LogP contribution in [0, 0.1) is 6.92 Å². The van der Waals surface area contributed by atoms with Crippen LogP contribution in [0.2, 0.25) is 0 Å². The molecule has 0 radical (unpaired) electrons. The van der Waals surface area contributed by atoms with Crippen molar-refractivity contribution in [2.24, 2.45) is 0 Å². The summed E-state index contributed by atoms with van der Waals surface area (Å²) in [5.74, 6) is -0.810. The first-order valence-corrected chi connectivity index (χ1v) is 9.68. The van der Waals surface area contributed by atoms with Crippen molar-refractivity contribution >= 4 is 5.57 Å². The van der Waals surface area contributed by atoms with Crippen molar-refractivity contribution in [3.63, 3.8) is 0 Å². The predicted octanol–water partition coefficient (Wildman–Crippen LogP) is 5.96. The third-order valence-corrected chi connectivity index (χ3v) is 5.29. The Hall–Kier alpha value is -2.84. The first-order chi connectivity index (χ1) is 13.3. The Kier molecular flexibility index (Phi) is 4.40. The van der Waals surface area contributed by atoms with Gasteiger partial charge < -0.3 is 9.84 Å². The van der Waals surface area contributed by atoms with Gasteiger partial charge in [-0.05, 0) is 41.2 Å². The second-order valence-corrected chi connectivity index (χ2v) is 8.55. The summed E-state index contributed by atoms with van der Waals surface area (Å²) in [5, 5.41) is 11.4. The topological polar surface area (TPSA) is 29.5 Å². The van der Waals surface area contributed by atoms with Crippen LogP contribution in [0.3, 0.4) is 0 Å². The Morgan fingerprint density at radius 3 is 2.18 bits per heavy atom. The highest BCUT2D eigenvalue weighted by molar-refractivity contribution is 5.85. The van der Waals surface area contributed by atoms with E-state index in [4.69, 9.17) is 4.74 Å². The van der Waals surface area contributed by atoms with Crippen LogP contribution in [-0.4, -0.2) is 5.11 Å². The highest BCUT2D eigenvalue weighted by Crippen LogP contribution is 2.43. The molecule has 28 heavy (non-hydrogen) atoms. The molecule has 0 spiro atoms. The zero-order chi connectivity index (χ0) is 19.9. The van der Waals surface area contributed by atoms with Crippen LogP contribution >= 0.6 is 0 Å². The molecule has 1 atom stereocenters. The van der Waals surface area contributed by atoms with E-state index >= 15 is 0 Å². The van der Waals surface area contributed by atoms with E-state index in [1.54, 1.807) is 0 Å². The lowest BCUT2D eigenvalue weighted by Gasteiger charge is -2.34. The first kappa shape index (κ1) is 18.5. The molecule has 0 amide bonds. The highest BCUT2D eigenvalue weighted by Gasteiger charge is 2.36. The fourth-order valence-electron chi connectivity index (χ4n) is 3.56. The second kappa shape index (κ2) is 6.65. The lowest BCUT2D eigenvalue weighted by atomic mass is 9.83. The van der Waals surface area contributed by atoms with Gasteiger partial charge in [0.15, 0.2) is 0 Å². The normalized spacial score (nSPS) is 18.8. The number of fused-ring (bicyclic) bond motifs is 1. The van der Waals surface area contributed by atoms with Crippen molar-refractivity contribution in [1.29, 1.82) is 0 Å². The molecule has 0 fully saturated rings. The summed E-state index contributed by atoms with van der Waals surface area (Å²) in [4.78, 5) is 0. The van der Waals surface area contributed by atoms with Crippen molar-refractivity contribution in [3.8, 4) is 5.75 Å². The van der Waals surface area contributed by atoms with Crippen molar-refractivity contribution in [3.05, 3.63) is 107 Å². The second-order valence-electron chi connectivity index (χ2n) is 8.55. The van der Waals surface area contributed by atoms with Gasteiger partial charge >= 0.3 is 0 Å². The third-order valence-electron chi connectivity index (χ3n) is 5.29. The molecule has 1 unspecified atom stereocenters. The molecule has 142 valence electrons. The van der Waals surface area contributed by atoms with E-state index in [9.17, 15) is 5.11 Å². The van der Waals surface area contributed by atoms with E-state index < -0.39 is 5.79 Å². The number of benzene rings is 3. The fraction of sp³-hybridized carbons (Fsp3) is 0.231. The molecule has 1 aliphatic heterocycles. The molecule has 0 aromatic heterocycles. The molecule has 0 aliphatic carbocycles. The lowest BCUT2D eigenvalue weighted by Crippen LogP contribution is -2.33. The number of rotatable bonds is 2. The molecular weight excluding hydrogens is 344 g/mol. The molecule has 0 saturated heterocycles. The van der Waals surface area contributed by atoms with E-state index in [1.165, 1.54) is 11.1 Å². The summed E-state index contributed by atoms with van der Waals surface area (Å²) in [6.45, 7) is 8.68. The fourth-order valence-corrected chi connectivity index (χ4v) is 3.56. The standard InChI is InChI=1S/C26H26O2/c1-18-10-12-19(13-11-18)23-17-26(27,20-8-6-5-7-9-20)28-24-15-14-21(16-22(23)24)25(2,3)4/h5-17,27H,1-4H3. The van der Waals surface area contributed by atoms with Gasteiger partial charge in [0, 0.05) is 17.2 Å². The average Bonchev–Trinajstić information content (AvgIpc) is 2.67. The summed E-state index contributed by atoms with van der Waals surface area (Å²) < 4.78 is 6.13. The zero-order valence-electron chi connectivity index (χ0n) is 16.9. The minimum atomic E-state index is -1.50. The maximum Gasteiger partial charge on any atom is 0.255 e. The molecule has 1 aliphatic rings. The molecule has 1 heterocycles. The Balaban J connectivity index is 1.93. The zero-order valence-corrected chi connectivity index (χ0v) is 16.9. The Morgan fingerprint density at radius 2 is 1.54 bits per heavy atom. The summed E-state index contributed by atoms with van der Waals surface area (Å²) in [6, 6.07) is 24.2. The molecule has 3 aromatic carbocycles. The maximum absolute atomic E-state index is 11.4. The van der Waals surface area contributed by atoms with E-state index in [0.29, 0.717) is 11.3 Å².